The van der Waals surface area contributed by atoms with Crippen molar-refractivity contribution >= 4 is 23.2 Å². The predicted molar refractivity (Wildman–Crippen MR) is 156 cm³/mol. The maximum atomic E-state index is 13.5. The lowest BCUT2D eigenvalue weighted by molar-refractivity contribution is -0.130. The first-order valence-electron chi connectivity index (χ1n) is 13.4. The maximum Gasteiger partial charge on any atom is 0.243 e. The molecule has 39 heavy (non-hydrogen) atoms. The normalized spacial score (nSPS) is 13.1. The zero-order chi connectivity index (χ0) is 28.3. The van der Waals surface area contributed by atoms with Crippen molar-refractivity contribution in [2.24, 2.45) is 5.92 Å². The molecule has 0 spiro atoms. The third-order valence-electron chi connectivity index (χ3n) is 5.93. The third kappa shape index (κ3) is 11.1. The van der Waals surface area contributed by atoms with Gasteiger partial charge in [-0.05, 0) is 69.5 Å². The van der Waals surface area contributed by atoms with E-state index in [4.69, 9.17) is 4.74 Å². The van der Waals surface area contributed by atoms with E-state index in [9.17, 15) is 9.59 Å². The summed E-state index contributed by atoms with van der Waals surface area (Å²) in [7, 11) is 0. The van der Waals surface area contributed by atoms with Crippen LogP contribution in [-0.4, -0.2) is 45.9 Å². The summed E-state index contributed by atoms with van der Waals surface area (Å²) >= 11 is 1.50. The summed E-state index contributed by atoms with van der Waals surface area (Å²) in [6, 6.07) is 12.1. The van der Waals surface area contributed by atoms with Crippen LogP contribution in [0.1, 0.15) is 58.0 Å². The molecule has 2 atom stereocenters. The summed E-state index contributed by atoms with van der Waals surface area (Å²) in [6.45, 7) is 11.2. The van der Waals surface area contributed by atoms with Crippen molar-refractivity contribution in [3.63, 3.8) is 0 Å². The quantitative estimate of drug-likeness (QED) is 0.276. The Balaban J connectivity index is 1.70. The lowest BCUT2D eigenvalue weighted by atomic mass is 10.0. The van der Waals surface area contributed by atoms with Gasteiger partial charge in [0.2, 0.25) is 11.8 Å². The van der Waals surface area contributed by atoms with Gasteiger partial charge in [0, 0.05) is 30.0 Å². The monoisotopic (exact) mass is 551 g/mol. The molecular weight excluding hydrogens is 510 g/mol. The highest BCUT2D eigenvalue weighted by Gasteiger charge is 2.28. The minimum atomic E-state index is -0.734. The molecule has 8 nitrogen and oxygen atoms in total. The first-order valence-corrected chi connectivity index (χ1v) is 14.4. The standard InChI is InChI=1S/C30H41N5O3S/c1-21(2)13-15-32-26(17-24-19-39-20-33-24)28(36)34-27(29(37)35-30(3,4)5)16-22-9-11-25(12-10-22)38-18-23-8-6-7-14-31-23/h6-12,14,19-21,26-27,32H,13,15-18H2,1-5H3,(H,34,36)(H,35,37). The zero-order valence-corrected chi connectivity index (χ0v) is 24.4. The van der Waals surface area contributed by atoms with Crippen LogP contribution in [0.2, 0.25) is 0 Å². The molecule has 1 aromatic carbocycles. The fourth-order valence-electron chi connectivity index (χ4n) is 3.89. The van der Waals surface area contributed by atoms with Crippen LogP contribution in [0.25, 0.3) is 0 Å². The molecule has 3 rings (SSSR count). The molecule has 0 aliphatic rings. The number of ether oxygens (including phenoxy) is 1. The van der Waals surface area contributed by atoms with Gasteiger partial charge in [-0.3, -0.25) is 14.6 Å². The van der Waals surface area contributed by atoms with E-state index in [0.29, 0.717) is 37.7 Å². The molecule has 0 aliphatic carbocycles. The first kappa shape index (κ1) is 30.2. The smallest absolute Gasteiger partial charge is 0.243 e. The maximum absolute atomic E-state index is 13.5. The van der Waals surface area contributed by atoms with Gasteiger partial charge in [0.05, 0.1) is 22.9 Å². The number of rotatable bonds is 14. The number of hydrogen-bond donors (Lipinski definition) is 3. The molecule has 0 fully saturated rings. The fourth-order valence-corrected chi connectivity index (χ4v) is 4.46. The zero-order valence-electron chi connectivity index (χ0n) is 23.6. The Hall–Kier alpha value is -3.30. The van der Waals surface area contributed by atoms with Gasteiger partial charge < -0.3 is 20.7 Å². The Morgan fingerprint density at radius 1 is 0.949 bits per heavy atom. The van der Waals surface area contributed by atoms with Crippen molar-refractivity contribution in [1.29, 1.82) is 0 Å². The number of nitrogens with one attached hydrogen (secondary N) is 3. The largest absolute Gasteiger partial charge is 0.487 e. The summed E-state index contributed by atoms with van der Waals surface area (Å²) in [6.07, 6.45) is 3.50. The van der Waals surface area contributed by atoms with Gasteiger partial charge in [-0.1, -0.05) is 32.0 Å². The Bertz CT molecular complexity index is 1150. The summed E-state index contributed by atoms with van der Waals surface area (Å²) in [4.78, 5) is 35.4. The highest BCUT2D eigenvalue weighted by atomic mass is 32.1. The fraction of sp³-hybridized carbons (Fsp3) is 0.467. The predicted octanol–water partition coefficient (Wildman–Crippen LogP) is 4.31. The molecule has 2 aromatic heterocycles. The molecule has 0 bridgehead atoms. The third-order valence-corrected chi connectivity index (χ3v) is 6.57. The van der Waals surface area contributed by atoms with Gasteiger partial charge in [-0.25, -0.2) is 4.98 Å². The van der Waals surface area contributed by atoms with Crippen molar-refractivity contribution in [3.05, 3.63) is 76.5 Å². The van der Waals surface area contributed by atoms with Gasteiger partial charge in [0.25, 0.3) is 0 Å². The lowest BCUT2D eigenvalue weighted by Crippen LogP contribution is -2.56. The van der Waals surface area contributed by atoms with Gasteiger partial charge in [0.15, 0.2) is 0 Å². The van der Waals surface area contributed by atoms with E-state index < -0.39 is 17.6 Å². The molecule has 2 amide bonds. The molecule has 0 saturated carbocycles. The van der Waals surface area contributed by atoms with Gasteiger partial charge in [0.1, 0.15) is 18.4 Å². The van der Waals surface area contributed by atoms with Crippen molar-refractivity contribution in [3.8, 4) is 5.75 Å². The first-order chi connectivity index (χ1) is 18.6. The topological polar surface area (TPSA) is 105 Å². The molecule has 3 N–H and O–H groups in total. The number of amides is 2. The van der Waals surface area contributed by atoms with Crippen LogP contribution < -0.4 is 20.7 Å². The van der Waals surface area contributed by atoms with Crippen LogP contribution in [0.15, 0.2) is 59.6 Å². The number of benzene rings is 1. The van der Waals surface area contributed by atoms with Crippen molar-refractivity contribution in [2.75, 3.05) is 6.54 Å². The molecule has 0 aliphatic heterocycles. The van der Waals surface area contributed by atoms with Gasteiger partial charge >= 0.3 is 0 Å². The van der Waals surface area contributed by atoms with Crippen LogP contribution in [0.5, 0.6) is 5.75 Å². The highest BCUT2D eigenvalue weighted by Crippen LogP contribution is 2.16. The second-order valence-electron chi connectivity index (χ2n) is 11.1. The van der Waals surface area contributed by atoms with E-state index in [2.05, 4.69) is 39.8 Å². The summed E-state index contributed by atoms with van der Waals surface area (Å²) in [5.74, 6) is 0.792. The molecule has 2 heterocycles. The average Bonchev–Trinajstić information content (AvgIpc) is 3.40. The number of thiazole rings is 1. The highest BCUT2D eigenvalue weighted by molar-refractivity contribution is 7.07. The van der Waals surface area contributed by atoms with E-state index in [-0.39, 0.29) is 11.8 Å². The summed E-state index contributed by atoms with van der Waals surface area (Å²) in [5.41, 5.74) is 3.95. The van der Waals surface area contributed by atoms with E-state index in [0.717, 1.165) is 23.4 Å². The van der Waals surface area contributed by atoms with Crippen LogP contribution in [0.4, 0.5) is 0 Å². The number of carbonyl (C=O) groups excluding carboxylic acids is 2. The molecule has 0 radical (unpaired) electrons. The lowest BCUT2D eigenvalue weighted by Gasteiger charge is -2.27. The van der Waals surface area contributed by atoms with Gasteiger partial charge in [-0.2, -0.15) is 0 Å². The number of carbonyl (C=O) groups is 2. The second-order valence-corrected chi connectivity index (χ2v) is 11.9. The second kappa shape index (κ2) is 14.7. The van der Waals surface area contributed by atoms with E-state index in [1.54, 1.807) is 11.7 Å². The molecular formula is C30H41N5O3S. The molecule has 2 unspecified atom stereocenters. The Morgan fingerprint density at radius 2 is 1.72 bits per heavy atom. The molecule has 9 heteroatoms. The summed E-state index contributed by atoms with van der Waals surface area (Å²) < 4.78 is 5.84. The Morgan fingerprint density at radius 3 is 2.33 bits per heavy atom. The summed E-state index contributed by atoms with van der Waals surface area (Å²) in [5, 5.41) is 11.4. The van der Waals surface area contributed by atoms with Crippen molar-refractivity contribution in [1.82, 2.24) is 25.9 Å². The number of pyridine rings is 1. The SMILES string of the molecule is CC(C)CCNC(Cc1cscn1)C(=O)NC(Cc1ccc(OCc2ccccn2)cc1)C(=O)NC(C)(C)C. The minimum absolute atomic E-state index is 0.212. The average molecular weight is 552 g/mol. The van der Waals surface area contributed by atoms with Crippen LogP contribution in [0, 0.1) is 5.92 Å². The van der Waals surface area contributed by atoms with Crippen molar-refractivity contribution < 1.29 is 14.3 Å². The van der Waals surface area contributed by atoms with E-state index in [1.807, 2.05) is 68.6 Å². The van der Waals surface area contributed by atoms with E-state index in [1.165, 1.54) is 11.3 Å². The minimum Gasteiger partial charge on any atom is -0.487 e. The van der Waals surface area contributed by atoms with Gasteiger partial charge in [-0.15, -0.1) is 11.3 Å². The number of hydrogen-bond acceptors (Lipinski definition) is 7. The van der Waals surface area contributed by atoms with E-state index >= 15 is 0 Å². The Labute approximate surface area is 236 Å². The molecule has 210 valence electrons. The van der Waals surface area contributed by atoms with Crippen molar-refractivity contribution in [2.45, 2.75) is 78.1 Å². The number of nitrogens with zero attached hydrogens (tertiary/aromatic N) is 2. The molecule has 0 saturated heterocycles. The van der Waals surface area contributed by atoms with Crippen LogP contribution >= 0.6 is 11.3 Å². The van der Waals surface area contributed by atoms with Crippen LogP contribution in [-0.2, 0) is 29.0 Å². The van der Waals surface area contributed by atoms with Crippen LogP contribution in [0.3, 0.4) is 0 Å². The molecule has 3 aromatic rings. The number of aromatic nitrogens is 2. The Kier molecular flexibility index (Phi) is 11.4.